The molecule has 0 aliphatic rings. The first kappa shape index (κ1) is 12.8. The van der Waals surface area contributed by atoms with E-state index < -0.39 is 0 Å². The molecule has 0 aliphatic heterocycles. The number of nitrogens with two attached hydrogens (primary N) is 1. The molecule has 1 aromatic carbocycles. The molecule has 2 aromatic rings. The maximum Gasteiger partial charge on any atom is 0.0521 e. The fraction of sp³-hybridized carbons (Fsp3) is 0.400. The first-order chi connectivity index (χ1) is 8.70. The third kappa shape index (κ3) is 2.46. The van der Waals surface area contributed by atoms with Gasteiger partial charge in [0, 0.05) is 25.2 Å². The average Bonchev–Trinajstić information content (AvgIpc) is 2.82. The van der Waals surface area contributed by atoms with Gasteiger partial charge in [0.2, 0.25) is 0 Å². The summed E-state index contributed by atoms with van der Waals surface area (Å²) in [6.07, 6.45) is 5.98. The van der Waals surface area contributed by atoms with Crippen LogP contribution in [0, 0.1) is 0 Å². The van der Waals surface area contributed by atoms with Gasteiger partial charge in [0.1, 0.15) is 0 Å². The minimum atomic E-state index is 0.0181. The van der Waals surface area contributed by atoms with Crippen LogP contribution in [-0.2, 0) is 18.9 Å². The van der Waals surface area contributed by atoms with Crippen molar-refractivity contribution in [3.8, 4) is 0 Å². The first-order valence-corrected chi connectivity index (χ1v) is 6.43. The largest absolute Gasteiger partial charge is 0.330 e. The third-order valence-corrected chi connectivity index (χ3v) is 3.75. The molecule has 0 bridgehead atoms. The average molecular weight is 243 g/mol. The van der Waals surface area contributed by atoms with E-state index in [1.807, 2.05) is 24.0 Å². The maximum atomic E-state index is 6.08. The number of benzene rings is 1. The highest BCUT2D eigenvalue weighted by Gasteiger charge is 2.29. The van der Waals surface area contributed by atoms with E-state index in [1.165, 1.54) is 11.1 Å². The van der Waals surface area contributed by atoms with Crippen LogP contribution < -0.4 is 5.73 Å². The quantitative estimate of drug-likeness (QED) is 0.875. The molecule has 3 nitrogen and oxygen atoms in total. The van der Waals surface area contributed by atoms with Crippen molar-refractivity contribution in [1.82, 2.24) is 9.78 Å². The number of rotatable bonds is 5. The van der Waals surface area contributed by atoms with E-state index in [0.29, 0.717) is 6.54 Å². The van der Waals surface area contributed by atoms with E-state index >= 15 is 0 Å². The van der Waals surface area contributed by atoms with Gasteiger partial charge in [0.25, 0.3) is 0 Å². The van der Waals surface area contributed by atoms with E-state index in [9.17, 15) is 0 Å². The van der Waals surface area contributed by atoms with Crippen molar-refractivity contribution < 1.29 is 0 Å². The van der Waals surface area contributed by atoms with E-state index in [4.69, 9.17) is 5.73 Å². The molecule has 0 saturated heterocycles. The molecule has 1 atom stereocenters. The normalized spacial score (nSPS) is 14.4. The molecular formula is C15H21N3. The van der Waals surface area contributed by atoms with Gasteiger partial charge in [-0.05, 0) is 24.0 Å². The Labute approximate surface area is 109 Å². The lowest BCUT2D eigenvalue weighted by Crippen LogP contribution is -2.36. The molecule has 0 amide bonds. The van der Waals surface area contributed by atoms with Gasteiger partial charge >= 0.3 is 0 Å². The van der Waals surface area contributed by atoms with Gasteiger partial charge in [-0.2, -0.15) is 5.10 Å². The van der Waals surface area contributed by atoms with Crippen molar-refractivity contribution in [3.05, 3.63) is 53.9 Å². The van der Waals surface area contributed by atoms with Gasteiger partial charge in [-0.1, -0.05) is 37.3 Å². The lowest BCUT2D eigenvalue weighted by molar-refractivity contribution is 0.418. The molecule has 0 aliphatic carbocycles. The summed E-state index contributed by atoms with van der Waals surface area (Å²) >= 11 is 0. The Morgan fingerprint density at radius 2 is 2.00 bits per heavy atom. The topological polar surface area (TPSA) is 43.8 Å². The van der Waals surface area contributed by atoms with Crippen LogP contribution >= 0.6 is 0 Å². The summed E-state index contributed by atoms with van der Waals surface area (Å²) in [5.41, 5.74) is 8.66. The Morgan fingerprint density at radius 3 is 2.50 bits per heavy atom. The van der Waals surface area contributed by atoms with Crippen LogP contribution in [0.25, 0.3) is 0 Å². The highest BCUT2D eigenvalue weighted by molar-refractivity contribution is 5.28. The molecule has 18 heavy (non-hydrogen) atoms. The molecule has 1 unspecified atom stereocenters. The van der Waals surface area contributed by atoms with Gasteiger partial charge in [-0.15, -0.1) is 0 Å². The van der Waals surface area contributed by atoms with Crippen LogP contribution in [0.1, 0.15) is 24.5 Å². The molecule has 0 fully saturated rings. The number of aryl methyl sites for hydroxylation is 1. The predicted molar refractivity (Wildman–Crippen MR) is 74.4 cm³/mol. The van der Waals surface area contributed by atoms with Crippen molar-refractivity contribution in [1.29, 1.82) is 0 Å². The van der Waals surface area contributed by atoms with Gasteiger partial charge in [0.05, 0.1) is 6.20 Å². The van der Waals surface area contributed by atoms with E-state index in [0.717, 1.165) is 12.8 Å². The molecule has 1 heterocycles. The number of nitrogens with zero attached hydrogens (tertiary/aromatic N) is 2. The van der Waals surface area contributed by atoms with Gasteiger partial charge < -0.3 is 5.73 Å². The summed E-state index contributed by atoms with van der Waals surface area (Å²) in [7, 11) is 1.95. The zero-order chi connectivity index (χ0) is 13.0. The highest BCUT2D eigenvalue weighted by Crippen LogP contribution is 2.30. The second kappa shape index (κ2) is 5.36. The third-order valence-electron chi connectivity index (χ3n) is 3.75. The molecule has 0 saturated carbocycles. The maximum absolute atomic E-state index is 6.08. The van der Waals surface area contributed by atoms with Gasteiger partial charge in [0.15, 0.2) is 0 Å². The van der Waals surface area contributed by atoms with Gasteiger partial charge in [-0.25, -0.2) is 0 Å². The van der Waals surface area contributed by atoms with E-state index in [1.54, 1.807) is 0 Å². The van der Waals surface area contributed by atoms with Crippen molar-refractivity contribution in [2.24, 2.45) is 12.8 Å². The van der Waals surface area contributed by atoms with Crippen molar-refractivity contribution in [2.45, 2.75) is 25.2 Å². The Bertz CT molecular complexity index is 483. The molecule has 1 aromatic heterocycles. The van der Waals surface area contributed by atoms with Crippen LogP contribution in [0.2, 0.25) is 0 Å². The zero-order valence-corrected chi connectivity index (χ0v) is 11.1. The molecule has 2 N–H and O–H groups in total. The summed E-state index contributed by atoms with van der Waals surface area (Å²) < 4.78 is 1.84. The summed E-state index contributed by atoms with van der Waals surface area (Å²) in [6.45, 7) is 2.86. The Morgan fingerprint density at radius 1 is 1.28 bits per heavy atom. The summed E-state index contributed by atoms with van der Waals surface area (Å²) in [5.74, 6) is 0. The fourth-order valence-electron chi connectivity index (χ4n) is 2.51. The van der Waals surface area contributed by atoms with E-state index in [-0.39, 0.29) is 5.41 Å². The molecule has 0 radical (unpaired) electrons. The van der Waals surface area contributed by atoms with Gasteiger partial charge in [-0.3, -0.25) is 4.68 Å². The number of hydrogen-bond donors (Lipinski definition) is 1. The molecule has 3 heteroatoms. The van der Waals surface area contributed by atoms with Crippen LogP contribution in [0.4, 0.5) is 0 Å². The Hall–Kier alpha value is -1.61. The molecule has 0 spiro atoms. The lowest BCUT2D eigenvalue weighted by atomic mass is 9.74. The molecule has 2 rings (SSSR count). The zero-order valence-electron chi connectivity index (χ0n) is 11.1. The first-order valence-electron chi connectivity index (χ1n) is 6.43. The van der Waals surface area contributed by atoms with Crippen molar-refractivity contribution in [2.75, 3.05) is 6.54 Å². The summed E-state index contributed by atoms with van der Waals surface area (Å²) in [4.78, 5) is 0. The monoisotopic (exact) mass is 243 g/mol. The second-order valence-electron chi connectivity index (χ2n) is 4.90. The minimum absolute atomic E-state index is 0.0181. The van der Waals surface area contributed by atoms with E-state index in [2.05, 4.69) is 42.5 Å². The van der Waals surface area contributed by atoms with Crippen molar-refractivity contribution >= 4 is 0 Å². The molecular weight excluding hydrogens is 222 g/mol. The lowest BCUT2D eigenvalue weighted by Gasteiger charge is -2.31. The SMILES string of the molecule is CCC(CN)(Cc1cnn(C)c1)c1ccccc1. The standard InChI is InChI=1S/C15H21N3/c1-3-15(12-16,14-7-5-4-6-8-14)9-13-10-17-18(2)11-13/h4-8,10-11H,3,9,12,16H2,1-2H3. The Kier molecular flexibility index (Phi) is 3.82. The summed E-state index contributed by atoms with van der Waals surface area (Å²) in [5, 5.41) is 4.24. The van der Waals surface area contributed by atoms with Crippen LogP contribution in [0.15, 0.2) is 42.7 Å². The Balaban J connectivity index is 2.32. The number of aromatic nitrogens is 2. The van der Waals surface area contributed by atoms with Crippen LogP contribution in [0.5, 0.6) is 0 Å². The predicted octanol–water partition coefficient (Wildman–Crippen LogP) is 2.27. The highest BCUT2D eigenvalue weighted by atomic mass is 15.2. The molecule has 96 valence electrons. The van der Waals surface area contributed by atoms with Crippen molar-refractivity contribution in [3.63, 3.8) is 0 Å². The van der Waals surface area contributed by atoms with Crippen LogP contribution in [-0.4, -0.2) is 16.3 Å². The minimum Gasteiger partial charge on any atom is -0.330 e. The second-order valence-corrected chi connectivity index (χ2v) is 4.90. The van der Waals surface area contributed by atoms with Crippen LogP contribution in [0.3, 0.4) is 0 Å². The summed E-state index contributed by atoms with van der Waals surface area (Å²) in [6, 6.07) is 10.6. The fourth-order valence-corrected chi connectivity index (χ4v) is 2.51. The number of hydrogen-bond acceptors (Lipinski definition) is 2. The smallest absolute Gasteiger partial charge is 0.0521 e.